The van der Waals surface area contributed by atoms with Crippen molar-refractivity contribution in [3.8, 4) is 5.75 Å². The second-order valence-corrected chi connectivity index (χ2v) is 9.03. The number of ether oxygens (including phenoxy) is 2. The predicted molar refractivity (Wildman–Crippen MR) is 115 cm³/mol. The van der Waals surface area contributed by atoms with Gasteiger partial charge in [0.05, 0.1) is 18.8 Å². The third-order valence-corrected chi connectivity index (χ3v) is 4.66. The van der Waals surface area contributed by atoms with Crippen molar-refractivity contribution in [3.63, 3.8) is 0 Å². The van der Waals surface area contributed by atoms with Crippen molar-refractivity contribution >= 4 is 29.1 Å². The molecule has 1 aliphatic heterocycles. The fraction of sp³-hybridized carbons (Fsp3) is 0.571. The number of nitrogens with zero attached hydrogens (tertiary/aromatic N) is 2. The van der Waals surface area contributed by atoms with Crippen LogP contribution in [0, 0.1) is 5.41 Å². The average molecular weight is 510 g/mol. The van der Waals surface area contributed by atoms with E-state index in [1.165, 1.54) is 12.1 Å². The molecule has 196 valence electrons. The molecule has 1 atom stereocenters. The molecule has 3 N–H and O–H groups in total. The van der Waals surface area contributed by atoms with Gasteiger partial charge in [0.25, 0.3) is 11.8 Å². The molecule has 1 aromatic carbocycles. The van der Waals surface area contributed by atoms with Gasteiger partial charge in [-0.15, -0.1) is 0 Å². The Labute approximate surface area is 198 Å². The first-order valence-corrected chi connectivity index (χ1v) is 10.5. The van der Waals surface area contributed by atoms with Crippen molar-refractivity contribution in [1.29, 1.82) is 0 Å². The van der Waals surface area contributed by atoms with E-state index in [1.54, 1.807) is 20.8 Å². The van der Waals surface area contributed by atoms with E-state index >= 15 is 0 Å². The number of nitrogens with two attached hydrogens (primary N) is 1. The second kappa shape index (κ2) is 11.2. The largest absolute Gasteiger partial charge is 0.433 e. The lowest BCUT2D eigenvalue weighted by Gasteiger charge is -2.34. The molecule has 1 aliphatic rings. The van der Waals surface area contributed by atoms with Crippen molar-refractivity contribution in [2.45, 2.75) is 39.6 Å². The molecule has 1 heterocycles. The normalized spacial score (nSPS) is 15.9. The molecule has 0 saturated carbocycles. The fourth-order valence-electron chi connectivity index (χ4n) is 3.54. The van der Waals surface area contributed by atoms with Crippen LogP contribution in [0.2, 0.25) is 0 Å². The Morgan fingerprint density at radius 3 is 2.40 bits per heavy atom. The van der Waals surface area contributed by atoms with E-state index in [2.05, 4.69) is 10.1 Å². The van der Waals surface area contributed by atoms with E-state index in [0.29, 0.717) is 4.90 Å². The summed E-state index contributed by atoms with van der Waals surface area (Å²) in [7, 11) is 0. The number of nitrogens with one attached hydrogen (secondary N) is 1. The van der Waals surface area contributed by atoms with Crippen LogP contribution in [0.15, 0.2) is 18.2 Å². The monoisotopic (exact) mass is 510 g/mol. The minimum atomic E-state index is -4.73. The molecular formula is C21H27F5N4O5. The van der Waals surface area contributed by atoms with E-state index in [0.717, 1.165) is 11.0 Å². The molecule has 9 nitrogen and oxygen atoms in total. The molecule has 1 fully saturated rings. The number of amides is 3. The minimum absolute atomic E-state index is 0.0190. The van der Waals surface area contributed by atoms with Crippen LogP contribution in [0.5, 0.6) is 5.75 Å². The molecule has 0 radical (unpaired) electrons. The van der Waals surface area contributed by atoms with E-state index in [9.17, 15) is 36.3 Å². The van der Waals surface area contributed by atoms with E-state index in [4.69, 9.17) is 10.5 Å². The molecule has 2 rings (SSSR count). The Balaban J connectivity index is 2.36. The molecular weight excluding hydrogens is 483 g/mol. The van der Waals surface area contributed by atoms with Crippen LogP contribution >= 0.6 is 0 Å². The Kier molecular flexibility index (Phi) is 9.00. The molecule has 0 spiro atoms. The minimum Gasteiger partial charge on any atom is -0.433 e. The van der Waals surface area contributed by atoms with Crippen molar-refractivity contribution in [2.75, 3.05) is 43.1 Å². The summed E-state index contributed by atoms with van der Waals surface area (Å²) in [6, 6.07) is 1.41. The number of anilines is 2. The van der Waals surface area contributed by atoms with Gasteiger partial charge in [-0.25, -0.2) is 0 Å². The highest BCUT2D eigenvalue weighted by Gasteiger charge is 2.40. The second-order valence-electron chi connectivity index (χ2n) is 9.03. The molecule has 0 aromatic heterocycles. The summed E-state index contributed by atoms with van der Waals surface area (Å²) >= 11 is 0. The zero-order valence-electron chi connectivity index (χ0n) is 19.3. The molecule has 3 amide bonds. The van der Waals surface area contributed by atoms with Gasteiger partial charge >= 0.3 is 12.8 Å². The number of hydrogen-bond acceptors (Lipinski definition) is 6. The van der Waals surface area contributed by atoms with Crippen LogP contribution in [0.3, 0.4) is 0 Å². The number of rotatable bonds is 9. The smallest absolute Gasteiger partial charge is 0.401 e. The van der Waals surface area contributed by atoms with Gasteiger partial charge in [0.2, 0.25) is 5.91 Å². The van der Waals surface area contributed by atoms with Gasteiger partial charge in [-0.2, -0.15) is 22.0 Å². The molecule has 14 heteroatoms. The number of benzene rings is 1. The summed E-state index contributed by atoms with van der Waals surface area (Å²) in [5.41, 5.74) is 4.36. The number of morpholine rings is 1. The summed E-state index contributed by atoms with van der Waals surface area (Å²) < 4.78 is 75.0. The maximum Gasteiger partial charge on any atom is 0.401 e. The van der Waals surface area contributed by atoms with Gasteiger partial charge < -0.3 is 25.4 Å². The standard InChI is InChI=1S/C21H27F5N4O5/c1-20(2,3)10-29(11-21(24,25)26)16(17(27)32)18(33)28-12-4-5-13(14(8-12)35-19(22)23)30-6-7-34-9-15(30)31/h4-5,8,16,19H,6-7,9-11H2,1-3H3,(H2,27,32)(H,28,33)/t16-/m0/s1. The Hall–Kier alpha value is -3.00. The maximum atomic E-state index is 13.2. The Bertz CT molecular complexity index is 920. The lowest BCUT2D eigenvalue weighted by molar-refractivity contribution is -0.159. The first-order valence-electron chi connectivity index (χ1n) is 10.5. The molecule has 1 saturated heterocycles. The molecule has 35 heavy (non-hydrogen) atoms. The highest BCUT2D eigenvalue weighted by Crippen LogP contribution is 2.34. The number of hydrogen-bond donors (Lipinski definition) is 2. The topological polar surface area (TPSA) is 114 Å². The van der Waals surface area contributed by atoms with Crippen LogP contribution in [0.4, 0.5) is 33.3 Å². The molecule has 1 aromatic rings. The summed E-state index contributed by atoms with van der Waals surface area (Å²) in [5, 5.41) is 2.23. The third-order valence-electron chi connectivity index (χ3n) is 4.66. The van der Waals surface area contributed by atoms with Gasteiger partial charge in [0, 0.05) is 24.8 Å². The Morgan fingerprint density at radius 2 is 1.89 bits per heavy atom. The fourth-order valence-corrected chi connectivity index (χ4v) is 3.54. The lowest BCUT2D eigenvalue weighted by atomic mass is 9.95. The van der Waals surface area contributed by atoms with Crippen molar-refractivity contribution in [3.05, 3.63) is 18.2 Å². The highest BCUT2D eigenvalue weighted by molar-refractivity contribution is 6.09. The zero-order valence-corrected chi connectivity index (χ0v) is 19.3. The van der Waals surface area contributed by atoms with Crippen LogP contribution in [-0.2, 0) is 19.1 Å². The number of primary amides is 1. The van der Waals surface area contributed by atoms with Gasteiger partial charge in [-0.05, 0) is 17.5 Å². The summed E-state index contributed by atoms with van der Waals surface area (Å²) in [6.07, 6.45) is -4.73. The van der Waals surface area contributed by atoms with Gasteiger partial charge in [-0.3, -0.25) is 19.3 Å². The molecule has 0 unspecified atom stereocenters. The van der Waals surface area contributed by atoms with Crippen LogP contribution in [0.1, 0.15) is 20.8 Å². The van der Waals surface area contributed by atoms with Crippen LogP contribution in [0.25, 0.3) is 0 Å². The van der Waals surface area contributed by atoms with Gasteiger partial charge in [0.1, 0.15) is 6.61 Å². The predicted octanol–water partition coefficient (Wildman–Crippen LogP) is 2.35. The summed E-state index contributed by atoms with van der Waals surface area (Å²) in [6.45, 7) is -0.356. The van der Waals surface area contributed by atoms with Crippen LogP contribution in [-0.4, -0.2) is 74.3 Å². The number of carbonyl (C=O) groups is 3. The number of halogens is 5. The summed E-state index contributed by atoms with van der Waals surface area (Å²) in [5.74, 6) is -3.49. The third kappa shape index (κ3) is 8.62. The van der Waals surface area contributed by atoms with E-state index in [-0.39, 0.29) is 37.7 Å². The van der Waals surface area contributed by atoms with Crippen molar-refractivity contribution in [1.82, 2.24) is 4.90 Å². The first kappa shape index (κ1) is 28.2. The SMILES string of the molecule is CC(C)(C)CN(CC(F)(F)F)[C@@H](C(N)=O)C(=O)Nc1ccc(N2CCOCC2=O)c(OC(F)F)c1. The van der Waals surface area contributed by atoms with E-state index in [1.807, 2.05) is 0 Å². The zero-order chi connectivity index (χ0) is 26.6. The van der Waals surface area contributed by atoms with Gasteiger partial charge in [-0.1, -0.05) is 20.8 Å². The molecule has 0 bridgehead atoms. The van der Waals surface area contributed by atoms with Crippen LogP contribution < -0.4 is 20.7 Å². The molecule has 0 aliphatic carbocycles. The highest BCUT2D eigenvalue weighted by atomic mass is 19.4. The van der Waals surface area contributed by atoms with Crippen molar-refractivity contribution in [2.24, 2.45) is 11.1 Å². The van der Waals surface area contributed by atoms with Gasteiger partial charge in [0.15, 0.2) is 11.8 Å². The average Bonchev–Trinajstić information content (AvgIpc) is 2.65. The number of carbonyl (C=O) groups excluding carboxylic acids is 3. The number of alkyl halides is 5. The maximum absolute atomic E-state index is 13.2. The first-order chi connectivity index (χ1) is 16.1. The summed E-state index contributed by atoms with van der Waals surface area (Å²) in [4.78, 5) is 38.7. The quantitative estimate of drug-likeness (QED) is 0.390. The van der Waals surface area contributed by atoms with E-state index < -0.39 is 54.3 Å². The Morgan fingerprint density at radius 1 is 1.23 bits per heavy atom. The lowest BCUT2D eigenvalue weighted by Crippen LogP contribution is -2.56. The van der Waals surface area contributed by atoms with Crippen molar-refractivity contribution < 1.29 is 45.8 Å².